The van der Waals surface area contributed by atoms with Gasteiger partial charge in [-0.05, 0) is 36.8 Å². The highest BCUT2D eigenvalue weighted by atomic mass is 16.5. The zero-order chi connectivity index (χ0) is 14.3. The van der Waals surface area contributed by atoms with Crippen molar-refractivity contribution in [2.75, 3.05) is 0 Å². The fraction of sp³-hybridized carbons (Fsp3) is 0.300. The maximum atomic E-state index is 6.09. The molecule has 1 nitrogen and oxygen atoms in total. The van der Waals surface area contributed by atoms with Gasteiger partial charge in [0.2, 0.25) is 0 Å². The highest BCUT2D eigenvalue weighted by Crippen LogP contribution is 2.20. The van der Waals surface area contributed by atoms with Crippen molar-refractivity contribution >= 4 is 0 Å². The van der Waals surface area contributed by atoms with Crippen LogP contribution >= 0.6 is 0 Å². The van der Waals surface area contributed by atoms with Crippen LogP contribution in [0.1, 0.15) is 24.0 Å². The summed E-state index contributed by atoms with van der Waals surface area (Å²) in [5, 5.41) is 0. The van der Waals surface area contributed by atoms with Crippen LogP contribution in [0.25, 0.3) is 0 Å². The van der Waals surface area contributed by atoms with Crippen molar-refractivity contribution < 1.29 is 4.74 Å². The molecule has 0 radical (unpaired) electrons. The molecule has 0 spiro atoms. The standard InChI is InChI=1S/C20H22O/c1-3-7-17(8-4-1)11-13-19-15-16-20(21-19)14-12-18-9-5-2-6-10-18/h1-10,15-16,19-20H,11-14H2. The van der Waals surface area contributed by atoms with Crippen LogP contribution < -0.4 is 0 Å². The van der Waals surface area contributed by atoms with Gasteiger partial charge in [0, 0.05) is 0 Å². The van der Waals surface area contributed by atoms with Crippen LogP contribution in [0.2, 0.25) is 0 Å². The fourth-order valence-electron chi connectivity index (χ4n) is 2.80. The molecule has 0 N–H and O–H groups in total. The second-order valence-corrected chi connectivity index (χ2v) is 5.65. The van der Waals surface area contributed by atoms with Crippen LogP contribution in [-0.4, -0.2) is 12.2 Å². The van der Waals surface area contributed by atoms with E-state index in [0.29, 0.717) is 0 Å². The van der Waals surface area contributed by atoms with E-state index < -0.39 is 0 Å². The van der Waals surface area contributed by atoms with Crippen molar-refractivity contribution in [3.63, 3.8) is 0 Å². The van der Waals surface area contributed by atoms with E-state index in [1.165, 1.54) is 11.1 Å². The molecule has 1 aliphatic rings. The second-order valence-electron chi connectivity index (χ2n) is 5.65. The number of rotatable bonds is 6. The minimum absolute atomic E-state index is 0.283. The number of hydrogen-bond donors (Lipinski definition) is 0. The molecule has 2 aromatic carbocycles. The van der Waals surface area contributed by atoms with E-state index in [4.69, 9.17) is 4.74 Å². The molecule has 2 aromatic rings. The smallest absolute Gasteiger partial charge is 0.0768 e. The van der Waals surface area contributed by atoms with Gasteiger partial charge in [0.25, 0.3) is 0 Å². The van der Waals surface area contributed by atoms with Gasteiger partial charge >= 0.3 is 0 Å². The third-order valence-corrected chi connectivity index (χ3v) is 4.01. The van der Waals surface area contributed by atoms with E-state index in [9.17, 15) is 0 Å². The molecule has 1 heterocycles. The first-order valence-corrected chi connectivity index (χ1v) is 7.82. The quantitative estimate of drug-likeness (QED) is 0.703. The molecule has 1 aliphatic heterocycles. The highest BCUT2D eigenvalue weighted by molar-refractivity contribution is 5.17. The minimum atomic E-state index is 0.283. The number of benzene rings is 2. The van der Waals surface area contributed by atoms with Gasteiger partial charge in [-0.3, -0.25) is 0 Å². The molecule has 0 bridgehead atoms. The van der Waals surface area contributed by atoms with E-state index in [2.05, 4.69) is 72.8 Å². The van der Waals surface area contributed by atoms with Crippen molar-refractivity contribution in [2.45, 2.75) is 37.9 Å². The Balaban J connectivity index is 1.41. The third-order valence-electron chi connectivity index (χ3n) is 4.01. The Bertz CT molecular complexity index is 507. The SMILES string of the molecule is C1=CC(CCc2ccccc2)OC1CCc1ccccc1. The predicted octanol–water partition coefficient (Wildman–Crippen LogP) is 4.58. The highest BCUT2D eigenvalue weighted by Gasteiger charge is 2.18. The first-order chi connectivity index (χ1) is 10.4. The molecule has 0 aromatic heterocycles. The number of ether oxygens (including phenoxy) is 1. The van der Waals surface area contributed by atoms with E-state index in [1.807, 2.05) is 0 Å². The van der Waals surface area contributed by atoms with E-state index >= 15 is 0 Å². The molecule has 2 atom stereocenters. The van der Waals surface area contributed by atoms with Crippen LogP contribution in [0, 0.1) is 0 Å². The summed E-state index contributed by atoms with van der Waals surface area (Å²) in [6.07, 6.45) is 9.35. The summed E-state index contributed by atoms with van der Waals surface area (Å²) >= 11 is 0. The fourth-order valence-corrected chi connectivity index (χ4v) is 2.80. The van der Waals surface area contributed by atoms with Gasteiger partial charge in [-0.15, -0.1) is 0 Å². The van der Waals surface area contributed by atoms with Crippen molar-refractivity contribution in [2.24, 2.45) is 0 Å². The Kier molecular flexibility index (Phi) is 4.86. The monoisotopic (exact) mass is 278 g/mol. The van der Waals surface area contributed by atoms with Crippen molar-refractivity contribution in [3.8, 4) is 0 Å². The summed E-state index contributed by atoms with van der Waals surface area (Å²) in [6.45, 7) is 0. The third kappa shape index (κ3) is 4.30. The molecule has 3 rings (SSSR count). The molecular weight excluding hydrogens is 256 g/mol. The van der Waals surface area contributed by atoms with Gasteiger partial charge < -0.3 is 4.74 Å². The van der Waals surface area contributed by atoms with Gasteiger partial charge in [0.1, 0.15) is 0 Å². The average Bonchev–Trinajstić information content (AvgIpc) is 3.01. The van der Waals surface area contributed by atoms with E-state index in [1.54, 1.807) is 0 Å². The van der Waals surface area contributed by atoms with Gasteiger partial charge in [0.05, 0.1) is 12.2 Å². The average molecular weight is 278 g/mol. The molecule has 2 unspecified atom stereocenters. The Morgan fingerprint density at radius 1 is 0.619 bits per heavy atom. The van der Waals surface area contributed by atoms with Crippen LogP contribution in [0.5, 0.6) is 0 Å². The van der Waals surface area contributed by atoms with E-state index in [-0.39, 0.29) is 12.2 Å². The zero-order valence-electron chi connectivity index (χ0n) is 12.3. The Labute approximate surface area is 127 Å². The Morgan fingerprint density at radius 2 is 1.05 bits per heavy atom. The van der Waals surface area contributed by atoms with Gasteiger partial charge in [-0.2, -0.15) is 0 Å². The summed E-state index contributed by atoms with van der Waals surface area (Å²) in [5.41, 5.74) is 2.78. The maximum Gasteiger partial charge on any atom is 0.0768 e. The normalized spacial score (nSPS) is 20.8. The zero-order valence-corrected chi connectivity index (χ0v) is 12.3. The molecule has 1 heteroatoms. The first-order valence-electron chi connectivity index (χ1n) is 7.82. The first kappa shape index (κ1) is 14.1. The molecular formula is C20H22O. The summed E-state index contributed by atoms with van der Waals surface area (Å²) in [5.74, 6) is 0. The van der Waals surface area contributed by atoms with Crippen LogP contribution in [-0.2, 0) is 17.6 Å². The summed E-state index contributed by atoms with van der Waals surface area (Å²) in [4.78, 5) is 0. The van der Waals surface area contributed by atoms with Gasteiger partial charge in [-0.25, -0.2) is 0 Å². The van der Waals surface area contributed by atoms with Crippen molar-refractivity contribution in [1.82, 2.24) is 0 Å². The Hall–Kier alpha value is -1.86. The second kappa shape index (κ2) is 7.24. The van der Waals surface area contributed by atoms with Gasteiger partial charge in [-0.1, -0.05) is 72.8 Å². The topological polar surface area (TPSA) is 9.23 Å². The molecule has 0 saturated heterocycles. The number of hydrogen-bond acceptors (Lipinski definition) is 1. The lowest BCUT2D eigenvalue weighted by molar-refractivity contribution is 0.0519. The molecule has 21 heavy (non-hydrogen) atoms. The molecule has 108 valence electrons. The molecule has 0 saturated carbocycles. The lowest BCUT2D eigenvalue weighted by Gasteiger charge is -2.14. The summed E-state index contributed by atoms with van der Waals surface area (Å²) < 4.78 is 6.09. The Morgan fingerprint density at radius 3 is 1.48 bits per heavy atom. The lowest BCUT2D eigenvalue weighted by Crippen LogP contribution is -2.13. The van der Waals surface area contributed by atoms with Crippen molar-refractivity contribution in [3.05, 3.63) is 83.9 Å². The van der Waals surface area contributed by atoms with E-state index in [0.717, 1.165) is 25.7 Å². The lowest BCUT2D eigenvalue weighted by atomic mass is 10.1. The number of aryl methyl sites for hydroxylation is 2. The maximum absolute atomic E-state index is 6.09. The minimum Gasteiger partial charge on any atom is -0.367 e. The van der Waals surface area contributed by atoms with Crippen LogP contribution in [0.4, 0.5) is 0 Å². The van der Waals surface area contributed by atoms with Gasteiger partial charge in [0.15, 0.2) is 0 Å². The molecule has 0 fully saturated rings. The summed E-state index contributed by atoms with van der Waals surface area (Å²) in [6, 6.07) is 21.3. The van der Waals surface area contributed by atoms with Crippen LogP contribution in [0.15, 0.2) is 72.8 Å². The summed E-state index contributed by atoms with van der Waals surface area (Å²) in [7, 11) is 0. The predicted molar refractivity (Wildman–Crippen MR) is 87.3 cm³/mol. The largest absolute Gasteiger partial charge is 0.367 e. The van der Waals surface area contributed by atoms with Crippen molar-refractivity contribution in [1.29, 1.82) is 0 Å². The molecule has 0 amide bonds. The molecule has 0 aliphatic carbocycles. The van der Waals surface area contributed by atoms with Crippen LogP contribution in [0.3, 0.4) is 0 Å².